The first-order valence-corrected chi connectivity index (χ1v) is 16.9. The van der Waals surface area contributed by atoms with Gasteiger partial charge < -0.3 is 20.1 Å². The van der Waals surface area contributed by atoms with Crippen molar-refractivity contribution in [2.45, 2.75) is 60.3 Å². The summed E-state index contributed by atoms with van der Waals surface area (Å²) in [6.07, 6.45) is 5.75. The topological polar surface area (TPSA) is 215 Å². The monoisotopic (exact) mass is 708 g/mol. The number of aliphatic hydroxyl groups is 1. The molecule has 17 heteroatoms. The van der Waals surface area contributed by atoms with Crippen LogP contribution in [0.1, 0.15) is 63.0 Å². The molecule has 0 unspecified atom stereocenters. The number of rotatable bonds is 15. The van der Waals surface area contributed by atoms with Crippen LogP contribution in [0.5, 0.6) is 5.75 Å². The van der Waals surface area contributed by atoms with E-state index >= 15 is 0 Å². The number of anilines is 2. The SMILES string of the molecule is CCn1nc(C)cc1C(=O)Nc1nc2cccnc2n1C/C=C/Cn1c(NC(=O)c2cc(C)nn2CC)nc2cc(C(N)=O)cc(OCCCO)c21. The van der Waals surface area contributed by atoms with Crippen molar-refractivity contribution in [1.82, 2.24) is 43.6 Å². The van der Waals surface area contributed by atoms with Gasteiger partial charge in [-0.25, -0.2) is 15.0 Å². The Bertz CT molecular complexity index is 2310. The lowest BCUT2D eigenvalue weighted by Gasteiger charge is -2.13. The number of hydrogen-bond donors (Lipinski definition) is 4. The number of fused-ring (bicyclic) bond motifs is 2. The zero-order valence-corrected chi connectivity index (χ0v) is 29.3. The molecule has 270 valence electrons. The van der Waals surface area contributed by atoms with E-state index in [1.54, 1.807) is 49.8 Å². The van der Waals surface area contributed by atoms with Gasteiger partial charge >= 0.3 is 0 Å². The highest BCUT2D eigenvalue weighted by atomic mass is 16.5. The van der Waals surface area contributed by atoms with Crippen molar-refractivity contribution >= 4 is 51.8 Å². The number of nitrogens with zero attached hydrogens (tertiary/aromatic N) is 9. The number of carbonyl (C=O) groups is 3. The summed E-state index contributed by atoms with van der Waals surface area (Å²) >= 11 is 0. The summed E-state index contributed by atoms with van der Waals surface area (Å²) in [5, 5.41) is 24.0. The molecule has 6 aromatic rings. The van der Waals surface area contributed by atoms with Gasteiger partial charge in [-0.2, -0.15) is 10.2 Å². The average molecular weight is 709 g/mol. The van der Waals surface area contributed by atoms with Gasteiger partial charge in [0.2, 0.25) is 17.8 Å². The highest BCUT2D eigenvalue weighted by Crippen LogP contribution is 2.31. The number of nitrogens with two attached hydrogens (primary N) is 1. The van der Waals surface area contributed by atoms with Crippen molar-refractivity contribution in [3.05, 3.63) is 83.1 Å². The Hall–Kier alpha value is -6.36. The van der Waals surface area contributed by atoms with Crippen molar-refractivity contribution in [1.29, 1.82) is 0 Å². The molecule has 17 nitrogen and oxygen atoms in total. The van der Waals surface area contributed by atoms with Crippen molar-refractivity contribution in [3.8, 4) is 5.75 Å². The third-order valence-corrected chi connectivity index (χ3v) is 8.22. The molecule has 6 rings (SSSR count). The molecule has 0 aliphatic carbocycles. The van der Waals surface area contributed by atoms with Gasteiger partial charge in [-0.05, 0) is 64.1 Å². The molecule has 5 N–H and O–H groups in total. The molecule has 0 atom stereocenters. The number of nitrogens with one attached hydrogen (secondary N) is 2. The molecule has 52 heavy (non-hydrogen) atoms. The van der Waals surface area contributed by atoms with Crippen LogP contribution in [0.3, 0.4) is 0 Å². The second kappa shape index (κ2) is 15.3. The maximum Gasteiger partial charge on any atom is 0.276 e. The van der Waals surface area contributed by atoms with E-state index in [-0.39, 0.29) is 43.7 Å². The van der Waals surface area contributed by atoms with Gasteiger partial charge in [0.1, 0.15) is 28.2 Å². The molecule has 0 aliphatic rings. The molecule has 0 bridgehead atoms. The van der Waals surface area contributed by atoms with Crippen molar-refractivity contribution in [3.63, 3.8) is 0 Å². The zero-order chi connectivity index (χ0) is 36.9. The van der Waals surface area contributed by atoms with Gasteiger partial charge in [-0.3, -0.25) is 38.9 Å². The minimum Gasteiger partial charge on any atom is -0.491 e. The smallest absolute Gasteiger partial charge is 0.276 e. The number of ether oxygens (including phenoxy) is 1. The number of benzene rings is 1. The van der Waals surface area contributed by atoms with Gasteiger partial charge in [0.15, 0.2) is 5.65 Å². The Morgan fingerprint density at radius 3 is 2.06 bits per heavy atom. The third-order valence-electron chi connectivity index (χ3n) is 8.22. The number of aromatic nitrogens is 9. The van der Waals surface area contributed by atoms with E-state index < -0.39 is 11.8 Å². The first-order valence-electron chi connectivity index (χ1n) is 16.9. The fraction of sp³-hybridized carbons (Fsp3) is 0.314. The van der Waals surface area contributed by atoms with E-state index in [2.05, 4.69) is 35.8 Å². The standard InChI is InChI=1S/C35H40N12O5/c1-5-46-26(17-21(3)42-46)32(50)40-34-39-25-19-23(30(36)49)20-28(52-16-10-15-48)29(25)44(34)13-7-8-14-45-31-24(11-9-12-37-31)38-35(45)41-33(51)27-18-22(4)43-47(27)6-2/h7-9,11-12,17-20,48H,5-6,10,13-16H2,1-4H3,(H2,36,49)(H,38,41,51)(H,39,40,50)/b8-7+. The lowest BCUT2D eigenvalue weighted by atomic mass is 10.1. The molecule has 1 aromatic carbocycles. The molecule has 0 aliphatic heterocycles. The number of carbonyl (C=O) groups excluding carboxylic acids is 3. The van der Waals surface area contributed by atoms with Crippen LogP contribution in [0.2, 0.25) is 0 Å². The Labute approximate surface area is 298 Å². The molecule has 0 spiro atoms. The summed E-state index contributed by atoms with van der Waals surface area (Å²) < 4.78 is 12.8. The average Bonchev–Trinajstić information content (AvgIpc) is 3.89. The van der Waals surface area contributed by atoms with Gasteiger partial charge in [0, 0.05) is 51.0 Å². The summed E-state index contributed by atoms with van der Waals surface area (Å²) in [6, 6.07) is 10.1. The van der Waals surface area contributed by atoms with Gasteiger partial charge in [0.05, 0.1) is 23.5 Å². The van der Waals surface area contributed by atoms with Gasteiger partial charge in [-0.1, -0.05) is 12.2 Å². The second-order valence-corrected chi connectivity index (χ2v) is 11.9. The first-order chi connectivity index (χ1) is 25.1. The maximum atomic E-state index is 13.6. The fourth-order valence-electron chi connectivity index (χ4n) is 5.86. The quantitative estimate of drug-likeness (QED) is 0.0900. The highest BCUT2D eigenvalue weighted by molar-refractivity contribution is 6.04. The van der Waals surface area contributed by atoms with Gasteiger partial charge in [-0.15, -0.1) is 0 Å². The molecular formula is C35H40N12O5. The molecular weight excluding hydrogens is 668 g/mol. The summed E-state index contributed by atoms with van der Waals surface area (Å²) in [7, 11) is 0. The van der Waals surface area contributed by atoms with E-state index in [4.69, 9.17) is 10.5 Å². The predicted molar refractivity (Wildman–Crippen MR) is 193 cm³/mol. The fourth-order valence-corrected chi connectivity index (χ4v) is 5.86. The summed E-state index contributed by atoms with van der Waals surface area (Å²) in [4.78, 5) is 53.0. The van der Waals surface area contributed by atoms with E-state index in [9.17, 15) is 19.5 Å². The number of pyridine rings is 1. The van der Waals surface area contributed by atoms with Crippen LogP contribution in [-0.2, 0) is 26.2 Å². The largest absolute Gasteiger partial charge is 0.491 e. The lowest BCUT2D eigenvalue weighted by Crippen LogP contribution is -2.20. The molecule has 3 amide bonds. The molecule has 0 radical (unpaired) electrons. The Balaban J connectivity index is 1.35. The highest BCUT2D eigenvalue weighted by Gasteiger charge is 2.22. The van der Waals surface area contributed by atoms with Gasteiger partial charge in [0.25, 0.3) is 11.8 Å². The lowest BCUT2D eigenvalue weighted by molar-refractivity contribution is 0.0994. The predicted octanol–water partition coefficient (Wildman–Crippen LogP) is 3.45. The molecule has 0 saturated heterocycles. The third kappa shape index (κ3) is 7.25. The van der Waals surface area contributed by atoms with Crippen LogP contribution >= 0.6 is 0 Å². The van der Waals surface area contributed by atoms with Crippen LogP contribution in [0.15, 0.2) is 54.7 Å². The minimum atomic E-state index is -0.672. The maximum absolute atomic E-state index is 13.6. The molecule has 0 fully saturated rings. The number of aryl methyl sites for hydroxylation is 4. The summed E-state index contributed by atoms with van der Waals surface area (Å²) in [5.41, 5.74) is 10.1. The number of hydrogen-bond acceptors (Lipinski definition) is 10. The Morgan fingerprint density at radius 2 is 1.46 bits per heavy atom. The summed E-state index contributed by atoms with van der Waals surface area (Å²) in [5.74, 6) is -0.618. The second-order valence-electron chi connectivity index (χ2n) is 11.9. The molecule has 5 heterocycles. The number of aliphatic hydroxyl groups excluding tert-OH is 1. The van der Waals surface area contributed by atoms with Crippen molar-refractivity contribution in [2.24, 2.45) is 5.73 Å². The number of imidazole rings is 2. The van der Waals surface area contributed by atoms with Crippen LogP contribution in [0.4, 0.5) is 11.9 Å². The molecule has 5 aromatic heterocycles. The molecule has 0 saturated carbocycles. The minimum absolute atomic E-state index is 0.0887. The van der Waals surface area contributed by atoms with Crippen molar-refractivity contribution < 1.29 is 24.2 Å². The normalized spacial score (nSPS) is 11.6. The van der Waals surface area contributed by atoms with Crippen LogP contribution in [-0.4, -0.2) is 79.7 Å². The van der Waals surface area contributed by atoms with Crippen LogP contribution in [0.25, 0.3) is 22.2 Å². The van der Waals surface area contributed by atoms with E-state index in [0.717, 1.165) is 5.69 Å². The Kier molecular flexibility index (Phi) is 10.4. The number of primary amides is 1. The van der Waals surface area contributed by atoms with E-state index in [1.165, 1.54) is 12.1 Å². The number of amides is 3. The number of allylic oxidation sites excluding steroid dienone is 2. The zero-order valence-electron chi connectivity index (χ0n) is 29.3. The summed E-state index contributed by atoms with van der Waals surface area (Å²) in [6.45, 7) is 9.03. The van der Waals surface area contributed by atoms with Crippen LogP contribution in [0, 0.1) is 13.8 Å². The van der Waals surface area contributed by atoms with Crippen LogP contribution < -0.4 is 21.1 Å². The van der Waals surface area contributed by atoms with Crippen molar-refractivity contribution in [2.75, 3.05) is 23.8 Å². The first kappa shape index (κ1) is 35.5. The van der Waals surface area contributed by atoms with E-state index in [0.29, 0.717) is 70.5 Å². The Morgan fingerprint density at radius 1 is 0.865 bits per heavy atom. The van der Waals surface area contributed by atoms with E-state index in [1.807, 2.05) is 39.0 Å².